The van der Waals surface area contributed by atoms with Crippen LogP contribution in [0.3, 0.4) is 0 Å². The van der Waals surface area contributed by atoms with E-state index in [4.69, 9.17) is 5.73 Å². The topological polar surface area (TPSA) is 42.2 Å². The molecule has 0 aromatic carbocycles. The van der Waals surface area contributed by atoms with Crippen molar-refractivity contribution < 1.29 is 0 Å². The lowest BCUT2D eigenvalue weighted by Gasteiger charge is -2.25. The van der Waals surface area contributed by atoms with E-state index in [9.17, 15) is 0 Å². The van der Waals surface area contributed by atoms with Crippen LogP contribution in [0, 0.1) is 5.92 Å². The predicted molar refractivity (Wildman–Crippen MR) is 76.6 cm³/mol. The monoisotopic (exact) mass is 247 g/mol. The summed E-state index contributed by atoms with van der Waals surface area (Å²) in [6.45, 7) is 5.20. The van der Waals surface area contributed by atoms with E-state index in [1.165, 1.54) is 49.9 Å². The van der Waals surface area contributed by atoms with E-state index < -0.39 is 0 Å². The van der Waals surface area contributed by atoms with Gasteiger partial charge in [-0.15, -0.1) is 0 Å². The average Bonchev–Trinajstić information content (AvgIpc) is 2.65. The van der Waals surface area contributed by atoms with Crippen LogP contribution in [0.25, 0.3) is 0 Å². The van der Waals surface area contributed by atoms with Crippen molar-refractivity contribution in [2.45, 2.75) is 45.6 Å². The minimum atomic E-state index is 0.581. The lowest BCUT2D eigenvalue weighted by atomic mass is 9.96. The van der Waals surface area contributed by atoms with Gasteiger partial charge >= 0.3 is 0 Å². The Morgan fingerprint density at radius 2 is 2.28 bits per heavy atom. The van der Waals surface area contributed by atoms with Crippen LogP contribution in [0.1, 0.15) is 44.6 Å². The quantitative estimate of drug-likeness (QED) is 0.889. The van der Waals surface area contributed by atoms with E-state index in [0.717, 1.165) is 12.5 Å². The van der Waals surface area contributed by atoms with E-state index in [-0.39, 0.29) is 0 Å². The Balaban J connectivity index is 2.05. The van der Waals surface area contributed by atoms with E-state index >= 15 is 0 Å². The highest BCUT2D eigenvalue weighted by molar-refractivity contribution is 5.52. The van der Waals surface area contributed by atoms with Crippen LogP contribution in [0.4, 0.5) is 5.69 Å². The minimum Gasteiger partial charge on any atom is -0.371 e. The zero-order valence-electron chi connectivity index (χ0n) is 11.4. The molecule has 0 amide bonds. The molecule has 0 spiro atoms. The number of hydrogen-bond acceptors (Lipinski definition) is 3. The second kappa shape index (κ2) is 6.74. The first-order chi connectivity index (χ1) is 8.85. The molecule has 2 heterocycles. The van der Waals surface area contributed by atoms with Gasteiger partial charge in [0.05, 0.1) is 0 Å². The van der Waals surface area contributed by atoms with Crippen molar-refractivity contribution in [3.8, 4) is 0 Å². The van der Waals surface area contributed by atoms with Gasteiger partial charge in [-0.3, -0.25) is 4.98 Å². The van der Waals surface area contributed by atoms with E-state index in [1.807, 2.05) is 12.4 Å². The summed E-state index contributed by atoms with van der Waals surface area (Å²) < 4.78 is 0. The SMILES string of the molecule is CCCC1CCCN(c2ccncc2CN)CC1. The molecule has 1 atom stereocenters. The summed E-state index contributed by atoms with van der Waals surface area (Å²) in [5, 5.41) is 0. The standard InChI is InChI=1S/C15H25N3/c1-2-4-13-5-3-9-18(10-7-13)15-6-8-17-12-14(15)11-16/h6,8,12-13H,2-5,7,9-11,16H2,1H3. The van der Waals surface area contributed by atoms with Crippen molar-refractivity contribution >= 4 is 5.69 Å². The Labute approximate surface area is 110 Å². The molecule has 18 heavy (non-hydrogen) atoms. The molecule has 1 aromatic rings. The van der Waals surface area contributed by atoms with Gasteiger partial charge < -0.3 is 10.6 Å². The van der Waals surface area contributed by atoms with Gasteiger partial charge in [-0.2, -0.15) is 0 Å². The second-order valence-electron chi connectivity index (χ2n) is 5.28. The maximum Gasteiger partial charge on any atom is 0.0442 e. The molecule has 0 aliphatic carbocycles. The van der Waals surface area contributed by atoms with Gasteiger partial charge in [-0.1, -0.05) is 19.8 Å². The summed E-state index contributed by atoms with van der Waals surface area (Å²) in [4.78, 5) is 6.67. The molecule has 2 rings (SSSR count). The van der Waals surface area contributed by atoms with Crippen molar-refractivity contribution in [3.05, 3.63) is 24.0 Å². The molecule has 3 heteroatoms. The van der Waals surface area contributed by atoms with Gasteiger partial charge in [-0.25, -0.2) is 0 Å². The fraction of sp³-hybridized carbons (Fsp3) is 0.667. The van der Waals surface area contributed by atoms with Gasteiger partial charge in [0, 0.05) is 43.3 Å². The molecule has 3 nitrogen and oxygen atoms in total. The van der Waals surface area contributed by atoms with Gasteiger partial charge in [0.25, 0.3) is 0 Å². The lowest BCUT2D eigenvalue weighted by molar-refractivity contribution is 0.435. The fourth-order valence-electron chi connectivity index (χ4n) is 2.99. The molecule has 1 fully saturated rings. The molecule has 1 unspecified atom stereocenters. The van der Waals surface area contributed by atoms with Crippen LogP contribution in [-0.4, -0.2) is 18.1 Å². The first kappa shape index (κ1) is 13.3. The number of anilines is 1. The van der Waals surface area contributed by atoms with E-state index in [1.54, 1.807) is 0 Å². The van der Waals surface area contributed by atoms with Crippen molar-refractivity contribution in [2.24, 2.45) is 11.7 Å². The molecule has 1 saturated heterocycles. The van der Waals surface area contributed by atoms with Crippen LogP contribution in [0.15, 0.2) is 18.5 Å². The van der Waals surface area contributed by atoms with Gasteiger partial charge in [0.15, 0.2) is 0 Å². The van der Waals surface area contributed by atoms with Crippen LogP contribution in [0.2, 0.25) is 0 Å². The highest BCUT2D eigenvalue weighted by Crippen LogP contribution is 2.26. The molecule has 0 radical (unpaired) electrons. The van der Waals surface area contributed by atoms with Crippen molar-refractivity contribution in [3.63, 3.8) is 0 Å². The van der Waals surface area contributed by atoms with Crippen LogP contribution in [0.5, 0.6) is 0 Å². The molecule has 100 valence electrons. The first-order valence-electron chi connectivity index (χ1n) is 7.23. The molecular formula is C15H25N3. The smallest absolute Gasteiger partial charge is 0.0442 e. The Morgan fingerprint density at radius 3 is 3.06 bits per heavy atom. The maximum atomic E-state index is 5.80. The third kappa shape index (κ3) is 3.22. The summed E-state index contributed by atoms with van der Waals surface area (Å²) in [6, 6.07) is 2.11. The molecule has 1 aromatic heterocycles. The zero-order chi connectivity index (χ0) is 12.8. The summed E-state index contributed by atoms with van der Waals surface area (Å²) in [6.07, 6.45) is 10.5. The van der Waals surface area contributed by atoms with E-state index in [2.05, 4.69) is 22.9 Å². The fourth-order valence-corrected chi connectivity index (χ4v) is 2.99. The minimum absolute atomic E-state index is 0.581. The highest BCUT2D eigenvalue weighted by atomic mass is 15.1. The molecular weight excluding hydrogens is 222 g/mol. The Bertz CT molecular complexity index is 365. The van der Waals surface area contributed by atoms with Crippen LogP contribution in [-0.2, 0) is 6.54 Å². The average molecular weight is 247 g/mol. The maximum absolute atomic E-state index is 5.80. The number of aromatic nitrogens is 1. The Hall–Kier alpha value is -1.09. The largest absolute Gasteiger partial charge is 0.371 e. The third-order valence-corrected chi connectivity index (χ3v) is 3.98. The summed E-state index contributed by atoms with van der Waals surface area (Å²) in [5.41, 5.74) is 8.27. The first-order valence-corrected chi connectivity index (χ1v) is 7.23. The Kier molecular flexibility index (Phi) is 5.00. The van der Waals surface area contributed by atoms with Crippen LogP contribution >= 0.6 is 0 Å². The molecule has 1 aliphatic heterocycles. The number of nitrogens with two attached hydrogens (primary N) is 1. The normalized spacial score (nSPS) is 20.8. The highest BCUT2D eigenvalue weighted by Gasteiger charge is 2.18. The molecule has 2 N–H and O–H groups in total. The number of hydrogen-bond donors (Lipinski definition) is 1. The number of rotatable bonds is 4. The Morgan fingerprint density at radius 1 is 1.39 bits per heavy atom. The number of nitrogens with zero attached hydrogens (tertiary/aromatic N) is 2. The molecule has 0 bridgehead atoms. The summed E-state index contributed by atoms with van der Waals surface area (Å²) in [7, 11) is 0. The van der Waals surface area contributed by atoms with Crippen LogP contribution < -0.4 is 10.6 Å². The van der Waals surface area contributed by atoms with Crippen molar-refractivity contribution in [1.29, 1.82) is 0 Å². The molecule has 1 aliphatic rings. The second-order valence-corrected chi connectivity index (χ2v) is 5.28. The van der Waals surface area contributed by atoms with Crippen molar-refractivity contribution in [1.82, 2.24) is 4.98 Å². The summed E-state index contributed by atoms with van der Waals surface area (Å²) >= 11 is 0. The summed E-state index contributed by atoms with van der Waals surface area (Å²) in [5.74, 6) is 0.920. The lowest BCUT2D eigenvalue weighted by Crippen LogP contribution is -2.26. The van der Waals surface area contributed by atoms with Gasteiger partial charge in [0.1, 0.15) is 0 Å². The van der Waals surface area contributed by atoms with Gasteiger partial charge in [0.2, 0.25) is 0 Å². The zero-order valence-corrected chi connectivity index (χ0v) is 11.4. The molecule has 0 saturated carbocycles. The third-order valence-electron chi connectivity index (χ3n) is 3.98. The predicted octanol–water partition coefficient (Wildman–Crippen LogP) is 2.95. The van der Waals surface area contributed by atoms with Crippen molar-refractivity contribution in [2.75, 3.05) is 18.0 Å². The number of pyridine rings is 1. The van der Waals surface area contributed by atoms with Gasteiger partial charge in [-0.05, 0) is 31.2 Å². The van der Waals surface area contributed by atoms with E-state index in [0.29, 0.717) is 6.54 Å².